The molecule has 0 aliphatic carbocycles. The normalized spacial score (nSPS) is 10.7. The summed E-state index contributed by atoms with van der Waals surface area (Å²) in [5, 5.41) is 17.6. The molecule has 96 valence electrons. The van der Waals surface area contributed by atoms with Gasteiger partial charge in [0.1, 0.15) is 0 Å². The highest BCUT2D eigenvalue weighted by Gasteiger charge is 2.09. The SMILES string of the molecule is O=c1cc(CSc2nnnn2-c2ccccc2)[nH][nH]1. The number of benzene rings is 1. The lowest BCUT2D eigenvalue weighted by Gasteiger charge is -2.02. The van der Waals surface area contributed by atoms with Gasteiger partial charge in [0, 0.05) is 17.5 Å². The van der Waals surface area contributed by atoms with Crippen molar-refractivity contribution in [2.75, 3.05) is 0 Å². The van der Waals surface area contributed by atoms with E-state index in [2.05, 4.69) is 25.7 Å². The minimum absolute atomic E-state index is 0.141. The Morgan fingerprint density at radius 2 is 2.05 bits per heavy atom. The quantitative estimate of drug-likeness (QED) is 0.692. The van der Waals surface area contributed by atoms with Crippen molar-refractivity contribution in [2.45, 2.75) is 10.9 Å². The van der Waals surface area contributed by atoms with Crippen molar-refractivity contribution in [2.24, 2.45) is 0 Å². The molecule has 2 N–H and O–H groups in total. The Hall–Kier alpha value is -2.35. The van der Waals surface area contributed by atoms with Gasteiger partial charge in [-0.15, -0.1) is 5.10 Å². The van der Waals surface area contributed by atoms with E-state index < -0.39 is 0 Å². The first-order valence-corrected chi connectivity index (χ1v) is 6.54. The molecule has 0 amide bonds. The lowest BCUT2D eigenvalue weighted by molar-refractivity contribution is 0.756. The number of tetrazole rings is 1. The number of thioether (sulfide) groups is 1. The van der Waals surface area contributed by atoms with Crippen LogP contribution in [0, 0.1) is 0 Å². The summed E-state index contributed by atoms with van der Waals surface area (Å²) in [6.07, 6.45) is 0. The number of aromatic nitrogens is 6. The van der Waals surface area contributed by atoms with E-state index in [0.717, 1.165) is 11.4 Å². The van der Waals surface area contributed by atoms with Gasteiger partial charge in [-0.25, -0.2) is 0 Å². The summed E-state index contributed by atoms with van der Waals surface area (Å²) in [6.45, 7) is 0. The molecule has 1 aromatic carbocycles. The third-order valence-electron chi connectivity index (χ3n) is 2.45. The molecular formula is C11H10N6OS. The molecule has 0 saturated heterocycles. The van der Waals surface area contributed by atoms with Gasteiger partial charge in [0.15, 0.2) is 0 Å². The molecule has 8 heteroatoms. The van der Waals surface area contributed by atoms with E-state index in [4.69, 9.17) is 0 Å². The molecule has 7 nitrogen and oxygen atoms in total. The molecule has 0 bridgehead atoms. The molecule has 0 spiro atoms. The number of para-hydroxylation sites is 1. The van der Waals surface area contributed by atoms with Crippen molar-refractivity contribution < 1.29 is 0 Å². The van der Waals surface area contributed by atoms with Crippen LogP contribution in [0.3, 0.4) is 0 Å². The van der Waals surface area contributed by atoms with Crippen molar-refractivity contribution in [3.63, 3.8) is 0 Å². The van der Waals surface area contributed by atoms with Crippen LogP contribution >= 0.6 is 11.8 Å². The fraction of sp³-hybridized carbons (Fsp3) is 0.0909. The summed E-state index contributed by atoms with van der Waals surface area (Å²) in [7, 11) is 0. The lowest BCUT2D eigenvalue weighted by Crippen LogP contribution is -1.98. The standard InChI is InChI=1S/C11H10N6OS/c18-10-6-8(12-13-10)7-19-11-14-15-16-17(11)9-4-2-1-3-5-9/h1-6H,7H2,(H2,12,13,18). The molecule has 0 atom stereocenters. The van der Waals surface area contributed by atoms with E-state index in [1.165, 1.54) is 17.8 Å². The maximum absolute atomic E-state index is 11.0. The highest BCUT2D eigenvalue weighted by Crippen LogP contribution is 2.20. The van der Waals surface area contributed by atoms with Crippen LogP contribution in [0.25, 0.3) is 5.69 Å². The summed E-state index contributed by atoms with van der Waals surface area (Å²) >= 11 is 1.45. The minimum Gasteiger partial charge on any atom is -0.301 e. The summed E-state index contributed by atoms with van der Waals surface area (Å²) in [6, 6.07) is 11.2. The molecule has 0 aliphatic heterocycles. The first kappa shape index (κ1) is 11.7. The van der Waals surface area contributed by atoms with Gasteiger partial charge in [0.05, 0.1) is 5.69 Å². The molecule has 2 heterocycles. The third kappa shape index (κ3) is 2.58. The van der Waals surface area contributed by atoms with Gasteiger partial charge in [-0.05, 0) is 22.6 Å². The molecule has 0 fully saturated rings. The summed E-state index contributed by atoms with van der Waals surface area (Å²) < 4.78 is 1.66. The van der Waals surface area contributed by atoms with Crippen LogP contribution in [0.2, 0.25) is 0 Å². The second-order valence-electron chi connectivity index (χ2n) is 3.78. The maximum Gasteiger partial charge on any atom is 0.264 e. The van der Waals surface area contributed by atoms with Crippen LogP contribution in [0.4, 0.5) is 0 Å². The molecule has 0 unspecified atom stereocenters. The molecular weight excluding hydrogens is 264 g/mol. The van der Waals surface area contributed by atoms with Gasteiger partial charge >= 0.3 is 0 Å². The van der Waals surface area contributed by atoms with Crippen LogP contribution in [0.5, 0.6) is 0 Å². The Bertz CT molecular complexity index is 716. The van der Waals surface area contributed by atoms with E-state index in [1.54, 1.807) is 4.68 Å². The zero-order valence-electron chi connectivity index (χ0n) is 9.78. The molecule has 0 saturated carbocycles. The Labute approximate surface area is 112 Å². The summed E-state index contributed by atoms with van der Waals surface area (Å²) in [4.78, 5) is 11.0. The number of hydrogen-bond donors (Lipinski definition) is 2. The topological polar surface area (TPSA) is 92.2 Å². The summed E-state index contributed by atoms with van der Waals surface area (Å²) in [5.41, 5.74) is 1.56. The first-order chi connectivity index (χ1) is 9.33. The van der Waals surface area contributed by atoms with E-state index in [1.807, 2.05) is 30.3 Å². The van der Waals surface area contributed by atoms with Crippen molar-refractivity contribution >= 4 is 11.8 Å². The Morgan fingerprint density at radius 3 is 2.79 bits per heavy atom. The van der Waals surface area contributed by atoms with Crippen LogP contribution in [0.1, 0.15) is 5.69 Å². The van der Waals surface area contributed by atoms with Crippen LogP contribution in [0.15, 0.2) is 46.3 Å². The second kappa shape index (κ2) is 5.11. The molecule has 0 radical (unpaired) electrons. The van der Waals surface area contributed by atoms with E-state index in [9.17, 15) is 4.79 Å². The average molecular weight is 274 g/mol. The highest BCUT2D eigenvalue weighted by molar-refractivity contribution is 7.98. The van der Waals surface area contributed by atoms with Crippen LogP contribution in [-0.4, -0.2) is 30.4 Å². The fourth-order valence-corrected chi connectivity index (χ4v) is 2.39. The first-order valence-electron chi connectivity index (χ1n) is 5.56. The van der Waals surface area contributed by atoms with Crippen molar-refractivity contribution in [1.29, 1.82) is 0 Å². The van der Waals surface area contributed by atoms with Gasteiger partial charge in [-0.1, -0.05) is 30.0 Å². The number of nitrogens with zero attached hydrogens (tertiary/aromatic N) is 4. The van der Waals surface area contributed by atoms with E-state index in [0.29, 0.717) is 10.9 Å². The number of nitrogens with one attached hydrogen (secondary N) is 2. The lowest BCUT2D eigenvalue weighted by atomic mass is 10.3. The third-order valence-corrected chi connectivity index (χ3v) is 3.42. The average Bonchev–Trinajstić information content (AvgIpc) is 3.06. The summed E-state index contributed by atoms with van der Waals surface area (Å²) in [5.74, 6) is 0.589. The van der Waals surface area contributed by atoms with E-state index in [-0.39, 0.29) is 5.56 Å². The molecule has 19 heavy (non-hydrogen) atoms. The molecule has 0 aliphatic rings. The molecule has 3 aromatic rings. The van der Waals surface area contributed by atoms with E-state index >= 15 is 0 Å². The number of H-pyrrole nitrogens is 2. The predicted octanol–water partition coefficient (Wildman–Crippen LogP) is 0.971. The predicted molar refractivity (Wildman–Crippen MR) is 70.1 cm³/mol. The Morgan fingerprint density at radius 1 is 1.21 bits per heavy atom. The zero-order chi connectivity index (χ0) is 13.1. The second-order valence-corrected chi connectivity index (χ2v) is 4.72. The van der Waals surface area contributed by atoms with Crippen LogP contribution < -0.4 is 5.56 Å². The minimum atomic E-state index is -0.141. The largest absolute Gasteiger partial charge is 0.301 e. The molecule has 2 aromatic heterocycles. The number of aromatic amines is 2. The van der Waals surface area contributed by atoms with Crippen molar-refractivity contribution in [3.05, 3.63) is 52.4 Å². The fourth-order valence-electron chi connectivity index (χ4n) is 1.59. The molecule has 3 rings (SSSR count). The monoisotopic (exact) mass is 274 g/mol. The highest BCUT2D eigenvalue weighted by atomic mass is 32.2. The van der Waals surface area contributed by atoms with Crippen LogP contribution in [-0.2, 0) is 5.75 Å². The van der Waals surface area contributed by atoms with Crippen molar-refractivity contribution in [1.82, 2.24) is 30.4 Å². The van der Waals surface area contributed by atoms with Gasteiger partial charge in [-0.3, -0.25) is 9.89 Å². The Kier molecular flexibility index (Phi) is 3.15. The van der Waals surface area contributed by atoms with Gasteiger partial charge in [0.2, 0.25) is 5.16 Å². The van der Waals surface area contributed by atoms with Gasteiger partial charge in [0.25, 0.3) is 5.56 Å². The Balaban J connectivity index is 1.79. The smallest absolute Gasteiger partial charge is 0.264 e. The van der Waals surface area contributed by atoms with Crippen molar-refractivity contribution in [3.8, 4) is 5.69 Å². The maximum atomic E-state index is 11.0. The number of hydrogen-bond acceptors (Lipinski definition) is 5. The van der Waals surface area contributed by atoms with Gasteiger partial charge in [-0.2, -0.15) is 4.68 Å². The zero-order valence-corrected chi connectivity index (χ0v) is 10.6. The number of rotatable bonds is 4. The van der Waals surface area contributed by atoms with Gasteiger partial charge < -0.3 is 5.10 Å².